The highest BCUT2D eigenvalue weighted by molar-refractivity contribution is 5.90. The summed E-state index contributed by atoms with van der Waals surface area (Å²) in [5.41, 5.74) is 2.80. The summed E-state index contributed by atoms with van der Waals surface area (Å²) in [5, 5.41) is 18.0. The summed E-state index contributed by atoms with van der Waals surface area (Å²) in [6.07, 6.45) is 0. The second-order valence-corrected chi connectivity index (χ2v) is 5.65. The van der Waals surface area contributed by atoms with E-state index >= 15 is 0 Å². The average molecular weight is 322 g/mol. The lowest BCUT2D eigenvalue weighted by atomic mass is 10.2. The molecule has 0 amide bonds. The summed E-state index contributed by atoms with van der Waals surface area (Å²) < 4.78 is 0. The highest BCUT2D eigenvalue weighted by atomic mass is 16.4. The summed E-state index contributed by atoms with van der Waals surface area (Å²) in [4.78, 5) is 14.7. The Balaban J connectivity index is 1.96. The molecule has 6 heteroatoms. The lowest BCUT2D eigenvalue weighted by Gasteiger charge is -2.16. The van der Waals surface area contributed by atoms with Gasteiger partial charge in [0, 0.05) is 13.6 Å². The molecule has 0 radical (unpaired) electrons. The highest BCUT2D eigenvalue weighted by Crippen LogP contribution is 2.19. The monoisotopic (exact) mass is 322 g/mol. The maximum Gasteiger partial charge on any atom is 0.360 e. The van der Waals surface area contributed by atoms with Gasteiger partial charge in [-0.2, -0.15) is 0 Å². The van der Waals surface area contributed by atoms with Crippen LogP contribution in [0.1, 0.15) is 21.6 Å². The van der Waals surface area contributed by atoms with Crippen molar-refractivity contribution >= 4 is 11.8 Å². The van der Waals surface area contributed by atoms with Crippen LogP contribution in [0.2, 0.25) is 0 Å². The van der Waals surface area contributed by atoms with Crippen LogP contribution in [0.15, 0.2) is 54.6 Å². The van der Waals surface area contributed by atoms with Gasteiger partial charge in [0.15, 0.2) is 5.82 Å². The van der Waals surface area contributed by atoms with Crippen molar-refractivity contribution in [2.24, 2.45) is 0 Å². The van der Waals surface area contributed by atoms with Gasteiger partial charge in [-0.05, 0) is 30.2 Å². The van der Waals surface area contributed by atoms with Gasteiger partial charge in [0.05, 0.1) is 5.69 Å². The molecule has 1 heterocycles. The van der Waals surface area contributed by atoms with Gasteiger partial charge in [0.2, 0.25) is 5.69 Å². The molecular formula is C18H18N4O2. The second-order valence-electron chi connectivity index (χ2n) is 5.65. The summed E-state index contributed by atoms with van der Waals surface area (Å²) >= 11 is 0. The van der Waals surface area contributed by atoms with Crippen LogP contribution in [0.4, 0.5) is 5.82 Å². The predicted molar refractivity (Wildman–Crippen MR) is 91.6 cm³/mol. The standard InChI is InChI=1S/C18H18N4O2/c1-13-7-6-10-15(11-13)22-19-16(18(23)24)17(20-22)21(2)12-14-8-4-3-5-9-14/h3-11H,12H2,1-2H3,(H,23,24). The Morgan fingerprint density at radius 3 is 2.54 bits per heavy atom. The molecule has 6 nitrogen and oxygen atoms in total. The van der Waals surface area contributed by atoms with Gasteiger partial charge in [0.25, 0.3) is 0 Å². The Morgan fingerprint density at radius 1 is 1.12 bits per heavy atom. The molecule has 0 spiro atoms. The normalized spacial score (nSPS) is 10.6. The number of nitrogens with zero attached hydrogens (tertiary/aromatic N) is 4. The molecule has 1 aromatic heterocycles. The van der Waals surface area contributed by atoms with Gasteiger partial charge in [-0.1, -0.05) is 42.5 Å². The molecule has 0 unspecified atom stereocenters. The lowest BCUT2D eigenvalue weighted by molar-refractivity contribution is 0.0690. The summed E-state index contributed by atoms with van der Waals surface area (Å²) in [6, 6.07) is 17.4. The fraction of sp³-hybridized carbons (Fsp3) is 0.167. The highest BCUT2D eigenvalue weighted by Gasteiger charge is 2.21. The van der Waals surface area contributed by atoms with Crippen molar-refractivity contribution in [1.82, 2.24) is 15.0 Å². The molecule has 122 valence electrons. The van der Waals surface area contributed by atoms with Crippen LogP contribution in [0.3, 0.4) is 0 Å². The lowest BCUT2D eigenvalue weighted by Crippen LogP contribution is -2.19. The number of benzene rings is 2. The number of carboxylic acid groups (broad SMARTS) is 1. The number of anilines is 1. The molecule has 0 saturated carbocycles. The van der Waals surface area contributed by atoms with Gasteiger partial charge < -0.3 is 10.0 Å². The molecule has 0 aliphatic carbocycles. The number of hydrogen-bond acceptors (Lipinski definition) is 4. The molecule has 0 atom stereocenters. The van der Waals surface area contributed by atoms with Crippen molar-refractivity contribution in [2.45, 2.75) is 13.5 Å². The molecule has 0 aliphatic rings. The smallest absolute Gasteiger partial charge is 0.360 e. The van der Waals surface area contributed by atoms with Crippen LogP contribution < -0.4 is 4.90 Å². The van der Waals surface area contributed by atoms with Gasteiger partial charge in [-0.25, -0.2) is 4.79 Å². The Bertz CT molecular complexity index is 858. The first-order valence-corrected chi connectivity index (χ1v) is 7.57. The topological polar surface area (TPSA) is 71.2 Å². The zero-order valence-electron chi connectivity index (χ0n) is 13.5. The Kier molecular flexibility index (Phi) is 4.29. The summed E-state index contributed by atoms with van der Waals surface area (Å²) in [7, 11) is 1.81. The van der Waals surface area contributed by atoms with E-state index < -0.39 is 5.97 Å². The molecule has 0 bridgehead atoms. The van der Waals surface area contributed by atoms with E-state index in [0.29, 0.717) is 12.4 Å². The quantitative estimate of drug-likeness (QED) is 0.782. The fourth-order valence-electron chi connectivity index (χ4n) is 2.49. The first kappa shape index (κ1) is 15.7. The molecule has 0 saturated heterocycles. The van der Waals surface area contributed by atoms with Crippen LogP contribution in [-0.4, -0.2) is 33.1 Å². The zero-order chi connectivity index (χ0) is 17.1. The number of aromatic carboxylic acids is 1. The van der Waals surface area contributed by atoms with Gasteiger partial charge >= 0.3 is 5.97 Å². The van der Waals surface area contributed by atoms with Crippen molar-refractivity contribution in [2.75, 3.05) is 11.9 Å². The number of carbonyl (C=O) groups is 1. The van der Waals surface area contributed by atoms with Crippen LogP contribution in [0.5, 0.6) is 0 Å². The van der Waals surface area contributed by atoms with E-state index in [4.69, 9.17) is 0 Å². The number of hydrogen-bond donors (Lipinski definition) is 1. The van der Waals surface area contributed by atoms with Crippen LogP contribution >= 0.6 is 0 Å². The van der Waals surface area contributed by atoms with E-state index in [9.17, 15) is 9.90 Å². The Hall–Kier alpha value is -3.15. The number of aryl methyl sites for hydroxylation is 1. The van der Waals surface area contributed by atoms with Crippen molar-refractivity contribution < 1.29 is 9.90 Å². The molecule has 1 N–H and O–H groups in total. The summed E-state index contributed by atoms with van der Waals surface area (Å²) in [6.45, 7) is 2.52. The Morgan fingerprint density at radius 2 is 1.88 bits per heavy atom. The molecule has 2 aromatic carbocycles. The zero-order valence-corrected chi connectivity index (χ0v) is 13.5. The van der Waals surface area contributed by atoms with E-state index in [1.807, 2.05) is 68.6 Å². The minimum absolute atomic E-state index is 0.0602. The largest absolute Gasteiger partial charge is 0.476 e. The molecule has 24 heavy (non-hydrogen) atoms. The molecule has 3 aromatic rings. The van der Waals surface area contributed by atoms with Gasteiger partial charge in [0.1, 0.15) is 0 Å². The Labute approximate surface area is 140 Å². The fourth-order valence-corrected chi connectivity index (χ4v) is 2.49. The average Bonchev–Trinajstić information content (AvgIpc) is 3.01. The SMILES string of the molecule is Cc1cccc(-n2nc(C(=O)O)c(N(C)Cc3ccccc3)n2)c1. The van der Waals surface area contributed by atoms with Crippen molar-refractivity contribution in [3.05, 3.63) is 71.4 Å². The van der Waals surface area contributed by atoms with E-state index in [-0.39, 0.29) is 5.69 Å². The van der Waals surface area contributed by atoms with Crippen molar-refractivity contribution in [3.63, 3.8) is 0 Å². The van der Waals surface area contributed by atoms with E-state index in [1.54, 1.807) is 4.90 Å². The minimum Gasteiger partial charge on any atom is -0.476 e. The third-order valence-corrected chi connectivity index (χ3v) is 3.66. The van der Waals surface area contributed by atoms with E-state index in [0.717, 1.165) is 16.8 Å². The first-order valence-electron chi connectivity index (χ1n) is 7.57. The maximum absolute atomic E-state index is 11.5. The molecule has 3 rings (SSSR count). The maximum atomic E-state index is 11.5. The minimum atomic E-state index is -1.09. The van der Waals surface area contributed by atoms with Crippen molar-refractivity contribution in [1.29, 1.82) is 0 Å². The molecular weight excluding hydrogens is 304 g/mol. The van der Waals surface area contributed by atoms with E-state index in [2.05, 4.69) is 10.2 Å². The first-order chi connectivity index (χ1) is 11.5. The van der Waals surface area contributed by atoms with Gasteiger partial charge in [-0.15, -0.1) is 15.0 Å². The van der Waals surface area contributed by atoms with Crippen LogP contribution in [0, 0.1) is 6.92 Å². The number of carboxylic acids is 1. The third-order valence-electron chi connectivity index (χ3n) is 3.66. The predicted octanol–water partition coefficient (Wildman–Crippen LogP) is 2.91. The molecule has 0 fully saturated rings. The third kappa shape index (κ3) is 3.27. The number of rotatable bonds is 5. The summed E-state index contributed by atoms with van der Waals surface area (Å²) in [5.74, 6) is -0.753. The van der Waals surface area contributed by atoms with E-state index in [1.165, 1.54) is 4.80 Å². The van der Waals surface area contributed by atoms with Crippen LogP contribution in [0.25, 0.3) is 5.69 Å². The second kappa shape index (κ2) is 6.54. The van der Waals surface area contributed by atoms with Crippen molar-refractivity contribution in [3.8, 4) is 5.69 Å². The number of aromatic nitrogens is 3. The molecule has 0 aliphatic heterocycles. The van der Waals surface area contributed by atoms with Gasteiger partial charge in [-0.3, -0.25) is 0 Å². The van der Waals surface area contributed by atoms with Crippen LogP contribution in [-0.2, 0) is 6.54 Å².